The van der Waals surface area contributed by atoms with E-state index < -0.39 is 0 Å². The SMILES string of the molecule is COc1ccc2nc(SC(C)C(N)=NO)[nH]c2c1. The van der Waals surface area contributed by atoms with Crippen molar-refractivity contribution in [3.8, 4) is 5.75 Å². The molecule has 1 heterocycles. The van der Waals surface area contributed by atoms with Gasteiger partial charge in [-0.1, -0.05) is 16.9 Å². The predicted molar refractivity (Wildman–Crippen MR) is 71.4 cm³/mol. The third-order valence-corrected chi connectivity index (χ3v) is 3.50. The van der Waals surface area contributed by atoms with E-state index >= 15 is 0 Å². The number of thioether (sulfide) groups is 1. The molecule has 4 N–H and O–H groups in total. The molecule has 0 saturated heterocycles. The highest BCUT2D eigenvalue weighted by Crippen LogP contribution is 2.25. The number of aromatic amines is 1. The number of hydrogen-bond acceptors (Lipinski definition) is 5. The number of nitrogens with two attached hydrogens (primary N) is 1. The van der Waals surface area contributed by atoms with Gasteiger partial charge in [0.25, 0.3) is 0 Å². The summed E-state index contributed by atoms with van der Waals surface area (Å²) in [5.74, 6) is 0.935. The summed E-state index contributed by atoms with van der Waals surface area (Å²) < 4.78 is 5.14. The number of H-pyrrole nitrogens is 1. The third-order valence-electron chi connectivity index (χ3n) is 2.49. The van der Waals surface area contributed by atoms with E-state index in [1.165, 1.54) is 11.8 Å². The van der Waals surface area contributed by atoms with Gasteiger partial charge in [-0.05, 0) is 19.1 Å². The summed E-state index contributed by atoms with van der Waals surface area (Å²) in [7, 11) is 1.62. The fourth-order valence-electron chi connectivity index (χ4n) is 1.46. The lowest BCUT2D eigenvalue weighted by molar-refractivity contribution is 0.317. The summed E-state index contributed by atoms with van der Waals surface area (Å²) in [5.41, 5.74) is 7.27. The summed E-state index contributed by atoms with van der Waals surface area (Å²) in [4.78, 5) is 7.56. The molecule has 1 unspecified atom stereocenters. The molecule has 0 spiro atoms. The fraction of sp³-hybridized carbons (Fsp3) is 0.273. The second kappa shape index (κ2) is 5.18. The lowest BCUT2D eigenvalue weighted by Crippen LogP contribution is -2.23. The molecule has 2 aromatic rings. The van der Waals surface area contributed by atoms with Crippen LogP contribution in [0.4, 0.5) is 0 Å². The number of rotatable bonds is 4. The molecule has 0 bridgehead atoms. The highest BCUT2D eigenvalue weighted by molar-refractivity contribution is 8.00. The van der Waals surface area contributed by atoms with Crippen LogP contribution in [0.15, 0.2) is 28.5 Å². The van der Waals surface area contributed by atoms with Crippen molar-refractivity contribution < 1.29 is 9.94 Å². The van der Waals surface area contributed by atoms with Crippen molar-refractivity contribution in [3.05, 3.63) is 18.2 Å². The van der Waals surface area contributed by atoms with E-state index in [1.54, 1.807) is 7.11 Å². The maximum Gasteiger partial charge on any atom is 0.167 e. The summed E-state index contributed by atoms with van der Waals surface area (Å²) in [6.07, 6.45) is 0. The van der Waals surface area contributed by atoms with Crippen molar-refractivity contribution in [2.45, 2.75) is 17.3 Å². The van der Waals surface area contributed by atoms with Crippen LogP contribution in [0, 0.1) is 0 Å². The second-order valence-electron chi connectivity index (χ2n) is 3.71. The highest BCUT2D eigenvalue weighted by atomic mass is 32.2. The number of amidine groups is 1. The van der Waals surface area contributed by atoms with Crippen LogP contribution in [-0.2, 0) is 0 Å². The number of fused-ring (bicyclic) bond motifs is 1. The van der Waals surface area contributed by atoms with Crippen LogP contribution in [0.25, 0.3) is 11.0 Å². The van der Waals surface area contributed by atoms with Crippen molar-refractivity contribution in [2.24, 2.45) is 10.9 Å². The standard InChI is InChI=1S/C11H14N4O2S/c1-6(10(12)15-16)18-11-13-8-4-3-7(17-2)5-9(8)14-11/h3-6,16H,1-2H3,(H2,12,15)(H,13,14). The van der Waals surface area contributed by atoms with Crippen molar-refractivity contribution >= 4 is 28.6 Å². The molecule has 18 heavy (non-hydrogen) atoms. The topological polar surface area (TPSA) is 96.5 Å². The average Bonchev–Trinajstić information content (AvgIpc) is 2.78. The molecule has 96 valence electrons. The first-order chi connectivity index (χ1) is 8.63. The number of benzene rings is 1. The number of aromatic nitrogens is 2. The van der Waals surface area contributed by atoms with Gasteiger partial charge < -0.3 is 20.7 Å². The average molecular weight is 266 g/mol. The largest absolute Gasteiger partial charge is 0.497 e. The number of ether oxygens (including phenoxy) is 1. The van der Waals surface area contributed by atoms with Crippen LogP contribution in [-0.4, -0.2) is 33.4 Å². The molecule has 1 aromatic heterocycles. The van der Waals surface area contributed by atoms with Crippen LogP contribution in [0.3, 0.4) is 0 Å². The summed E-state index contributed by atoms with van der Waals surface area (Å²) in [5, 5.41) is 12.1. The van der Waals surface area contributed by atoms with Crippen LogP contribution < -0.4 is 10.5 Å². The quantitative estimate of drug-likeness (QED) is 0.258. The molecule has 6 nitrogen and oxygen atoms in total. The normalized spacial score (nSPS) is 13.8. The first-order valence-electron chi connectivity index (χ1n) is 5.32. The Kier molecular flexibility index (Phi) is 3.61. The van der Waals surface area contributed by atoms with E-state index in [9.17, 15) is 0 Å². The molecule has 0 aliphatic rings. The lowest BCUT2D eigenvalue weighted by Gasteiger charge is -2.05. The number of oxime groups is 1. The third kappa shape index (κ3) is 2.51. The molecular formula is C11H14N4O2S. The van der Waals surface area contributed by atoms with Gasteiger partial charge >= 0.3 is 0 Å². The van der Waals surface area contributed by atoms with Gasteiger partial charge in [-0.25, -0.2) is 4.98 Å². The monoisotopic (exact) mass is 266 g/mol. The Labute approximate surface area is 108 Å². The first kappa shape index (κ1) is 12.6. The summed E-state index contributed by atoms with van der Waals surface area (Å²) in [6.45, 7) is 1.84. The summed E-state index contributed by atoms with van der Waals surface area (Å²) >= 11 is 1.39. The molecule has 0 radical (unpaired) electrons. The van der Waals surface area contributed by atoms with Gasteiger partial charge in [-0.3, -0.25) is 0 Å². The van der Waals surface area contributed by atoms with Crippen molar-refractivity contribution in [3.63, 3.8) is 0 Å². The van der Waals surface area contributed by atoms with Gasteiger partial charge in [-0.2, -0.15) is 0 Å². The maximum absolute atomic E-state index is 8.59. The summed E-state index contributed by atoms with van der Waals surface area (Å²) in [6, 6.07) is 5.61. The number of nitrogens with one attached hydrogen (secondary N) is 1. The first-order valence-corrected chi connectivity index (χ1v) is 6.20. The van der Waals surface area contributed by atoms with E-state index in [1.807, 2.05) is 25.1 Å². The van der Waals surface area contributed by atoms with E-state index in [0.717, 1.165) is 21.9 Å². The van der Waals surface area contributed by atoms with E-state index in [4.69, 9.17) is 15.7 Å². The van der Waals surface area contributed by atoms with Crippen molar-refractivity contribution in [1.29, 1.82) is 0 Å². The van der Waals surface area contributed by atoms with Crippen molar-refractivity contribution in [1.82, 2.24) is 9.97 Å². The molecule has 0 aliphatic carbocycles. The second-order valence-corrected chi connectivity index (χ2v) is 5.04. The molecule has 0 fully saturated rings. The van der Waals surface area contributed by atoms with E-state index in [-0.39, 0.29) is 11.1 Å². The molecule has 7 heteroatoms. The molecule has 1 atom stereocenters. The Bertz CT molecular complexity index is 581. The highest BCUT2D eigenvalue weighted by Gasteiger charge is 2.12. The smallest absolute Gasteiger partial charge is 0.167 e. The van der Waals surface area contributed by atoms with Crippen LogP contribution in [0.1, 0.15) is 6.92 Å². The molecule has 0 saturated carbocycles. The van der Waals surface area contributed by atoms with Gasteiger partial charge in [0.05, 0.1) is 23.4 Å². The van der Waals surface area contributed by atoms with Crippen LogP contribution in [0.2, 0.25) is 0 Å². The Morgan fingerprint density at radius 3 is 3.06 bits per heavy atom. The van der Waals surface area contributed by atoms with Gasteiger partial charge in [0.15, 0.2) is 11.0 Å². The van der Waals surface area contributed by atoms with Crippen LogP contribution >= 0.6 is 11.8 Å². The zero-order valence-electron chi connectivity index (χ0n) is 10.0. The minimum atomic E-state index is -0.155. The number of hydrogen-bond donors (Lipinski definition) is 3. The Morgan fingerprint density at radius 2 is 2.39 bits per heavy atom. The molecule has 1 aromatic carbocycles. The van der Waals surface area contributed by atoms with E-state index in [2.05, 4.69) is 15.1 Å². The number of methoxy groups -OCH3 is 1. The Balaban J connectivity index is 2.25. The Morgan fingerprint density at radius 1 is 1.61 bits per heavy atom. The molecule has 0 aliphatic heterocycles. The van der Waals surface area contributed by atoms with Crippen molar-refractivity contribution in [2.75, 3.05) is 7.11 Å². The predicted octanol–water partition coefficient (Wildman–Crippen LogP) is 1.80. The van der Waals surface area contributed by atoms with Gasteiger partial charge in [0, 0.05) is 6.07 Å². The molecular weight excluding hydrogens is 252 g/mol. The fourth-order valence-corrected chi connectivity index (χ4v) is 2.28. The minimum absolute atomic E-state index is 0.155. The number of imidazole rings is 1. The molecule has 2 rings (SSSR count). The zero-order valence-corrected chi connectivity index (χ0v) is 10.9. The lowest BCUT2D eigenvalue weighted by atomic mass is 10.3. The van der Waals surface area contributed by atoms with Crippen LogP contribution in [0.5, 0.6) is 5.75 Å². The minimum Gasteiger partial charge on any atom is -0.497 e. The molecule has 0 amide bonds. The Hall–Kier alpha value is -1.89. The number of nitrogens with zero attached hydrogens (tertiary/aromatic N) is 2. The van der Waals surface area contributed by atoms with E-state index in [0.29, 0.717) is 0 Å². The van der Waals surface area contributed by atoms with Gasteiger partial charge in [-0.15, -0.1) is 0 Å². The maximum atomic E-state index is 8.59. The van der Waals surface area contributed by atoms with Gasteiger partial charge in [0.1, 0.15) is 5.75 Å². The van der Waals surface area contributed by atoms with Gasteiger partial charge in [0.2, 0.25) is 0 Å². The zero-order chi connectivity index (χ0) is 13.1.